The van der Waals surface area contributed by atoms with Crippen LogP contribution in [0, 0.1) is 0 Å². The van der Waals surface area contributed by atoms with Crippen molar-refractivity contribution in [2.75, 3.05) is 19.6 Å². The van der Waals surface area contributed by atoms with E-state index in [4.69, 9.17) is 0 Å². The lowest BCUT2D eigenvalue weighted by Crippen LogP contribution is -2.33. The summed E-state index contributed by atoms with van der Waals surface area (Å²) in [5, 5.41) is 13.5. The summed E-state index contributed by atoms with van der Waals surface area (Å²) in [5.41, 5.74) is 0.842. The van der Waals surface area contributed by atoms with Crippen LogP contribution < -0.4 is 10.6 Å². The fraction of sp³-hybridized carbons (Fsp3) is 0.600. The normalized spacial score (nSPS) is 15.3. The number of hydrogen-bond acceptors (Lipinski definition) is 5. The van der Waals surface area contributed by atoms with E-state index >= 15 is 0 Å². The van der Waals surface area contributed by atoms with Crippen LogP contribution in [0.4, 0.5) is 4.79 Å². The average molecular weight is 252 g/mol. The highest BCUT2D eigenvalue weighted by Gasteiger charge is 2.27. The topological polar surface area (TPSA) is 92.2 Å². The Kier molecular flexibility index (Phi) is 3.88. The summed E-state index contributed by atoms with van der Waals surface area (Å²) in [6, 6.07) is -0.340. The molecular weight excluding hydrogens is 236 g/mol. The van der Waals surface area contributed by atoms with E-state index in [1.54, 1.807) is 10.9 Å². The zero-order valence-electron chi connectivity index (χ0n) is 10.2. The Morgan fingerprint density at radius 3 is 2.94 bits per heavy atom. The van der Waals surface area contributed by atoms with E-state index in [1.807, 2.05) is 6.92 Å². The molecule has 1 aliphatic rings. The van der Waals surface area contributed by atoms with Gasteiger partial charge in [-0.05, 0) is 6.54 Å². The third-order valence-electron chi connectivity index (χ3n) is 2.63. The highest BCUT2D eigenvalue weighted by Crippen LogP contribution is 2.00. The molecule has 98 valence electrons. The number of imide groups is 1. The number of nitrogens with one attached hydrogen (secondary N) is 2. The summed E-state index contributed by atoms with van der Waals surface area (Å²) < 4.78 is 1.63. The number of rotatable bonds is 6. The molecule has 0 spiro atoms. The number of aromatic nitrogens is 3. The monoisotopic (exact) mass is 252 g/mol. The maximum absolute atomic E-state index is 11.3. The van der Waals surface area contributed by atoms with Gasteiger partial charge in [-0.1, -0.05) is 12.1 Å². The summed E-state index contributed by atoms with van der Waals surface area (Å²) in [4.78, 5) is 23.8. The molecule has 0 aliphatic carbocycles. The van der Waals surface area contributed by atoms with Crippen LogP contribution in [-0.2, 0) is 17.9 Å². The molecule has 0 radical (unpaired) electrons. The van der Waals surface area contributed by atoms with Crippen molar-refractivity contribution in [3.05, 3.63) is 11.9 Å². The molecule has 1 aromatic heterocycles. The molecule has 0 bridgehead atoms. The second-order valence-electron chi connectivity index (χ2n) is 3.96. The Labute approximate surface area is 104 Å². The van der Waals surface area contributed by atoms with Crippen LogP contribution in [0.1, 0.15) is 12.6 Å². The number of carbonyl (C=O) groups is 2. The van der Waals surface area contributed by atoms with Gasteiger partial charge in [-0.15, -0.1) is 5.10 Å². The molecule has 1 fully saturated rings. The summed E-state index contributed by atoms with van der Waals surface area (Å²) in [5.74, 6) is -0.201. The van der Waals surface area contributed by atoms with Crippen molar-refractivity contribution in [1.29, 1.82) is 0 Å². The molecule has 2 N–H and O–H groups in total. The molecule has 2 heterocycles. The van der Waals surface area contributed by atoms with E-state index in [-0.39, 0.29) is 18.5 Å². The Hall–Kier alpha value is -1.96. The minimum Gasteiger partial charge on any atom is -0.329 e. The third-order valence-corrected chi connectivity index (χ3v) is 2.63. The van der Waals surface area contributed by atoms with Crippen LogP contribution in [0.5, 0.6) is 0 Å². The lowest BCUT2D eigenvalue weighted by atomic mass is 10.4. The molecule has 1 aromatic rings. The first-order chi connectivity index (χ1) is 8.70. The summed E-state index contributed by atoms with van der Waals surface area (Å²) >= 11 is 0. The first kappa shape index (κ1) is 12.5. The third kappa shape index (κ3) is 2.83. The summed E-state index contributed by atoms with van der Waals surface area (Å²) in [7, 11) is 0. The van der Waals surface area contributed by atoms with Gasteiger partial charge in [0.1, 0.15) is 0 Å². The number of urea groups is 1. The molecular formula is C10H16N6O2. The Balaban J connectivity index is 1.84. The zero-order valence-corrected chi connectivity index (χ0v) is 10.2. The standard InChI is InChI=1S/C10H16N6O2/c1-2-11-5-8-7-15(14-13-8)3-4-16-9(17)6-12-10(16)18/h7,11H,2-6H2,1H3,(H,12,18). The Bertz CT molecular complexity index is 427. The highest BCUT2D eigenvalue weighted by atomic mass is 16.2. The van der Waals surface area contributed by atoms with E-state index in [2.05, 4.69) is 20.9 Å². The van der Waals surface area contributed by atoms with Crippen molar-refractivity contribution in [1.82, 2.24) is 30.5 Å². The van der Waals surface area contributed by atoms with Crippen LogP contribution >= 0.6 is 0 Å². The average Bonchev–Trinajstić information content (AvgIpc) is 2.93. The quantitative estimate of drug-likeness (QED) is 0.630. The van der Waals surface area contributed by atoms with E-state index in [0.29, 0.717) is 19.6 Å². The Morgan fingerprint density at radius 1 is 1.44 bits per heavy atom. The van der Waals surface area contributed by atoms with Crippen molar-refractivity contribution in [2.24, 2.45) is 0 Å². The van der Waals surface area contributed by atoms with Crippen LogP contribution in [0.2, 0.25) is 0 Å². The van der Waals surface area contributed by atoms with Crippen molar-refractivity contribution >= 4 is 11.9 Å². The predicted octanol–water partition coefficient (Wildman–Crippen LogP) is -1.06. The molecule has 3 amide bonds. The van der Waals surface area contributed by atoms with E-state index in [1.165, 1.54) is 4.90 Å². The van der Waals surface area contributed by atoms with E-state index < -0.39 is 0 Å². The lowest BCUT2D eigenvalue weighted by Gasteiger charge is -2.11. The van der Waals surface area contributed by atoms with E-state index in [9.17, 15) is 9.59 Å². The lowest BCUT2D eigenvalue weighted by molar-refractivity contribution is -0.125. The smallest absolute Gasteiger partial charge is 0.324 e. The number of carbonyl (C=O) groups excluding carboxylic acids is 2. The summed E-state index contributed by atoms with van der Waals surface area (Å²) in [6.45, 7) is 4.41. The second kappa shape index (κ2) is 5.58. The van der Waals surface area contributed by atoms with Crippen LogP contribution in [0.25, 0.3) is 0 Å². The fourth-order valence-electron chi connectivity index (χ4n) is 1.67. The minimum atomic E-state index is -0.340. The number of nitrogens with zero attached hydrogens (tertiary/aromatic N) is 4. The van der Waals surface area contributed by atoms with Crippen LogP contribution in [0.3, 0.4) is 0 Å². The van der Waals surface area contributed by atoms with Gasteiger partial charge in [-0.3, -0.25) is 14.4 Å². The largest absolute Gasteiger partial charge is 0.329 e. The second-order valence-corrected chi connectivity index (χ2v) is 3.96. The molecule has 2 rings (SSSR count). The van der Waals surface area contributed by atoms with Gasteiger partial charge in [0.15, 0.2) is 0 Å². The molecule has 8 heteroatoms. The maximum atomic E-state index is 11.3. The highest BCUT2D eigenvalue weighted by molar-refractivity contribution is 6.01. The van der Waals surface area contributed by atoms with Crippen LogP contribution in [0.15, 0.2) is 6.20 Å². The molecule has 8 nitrogen and oxygen atoms in total. The molecule has 0 unspecified atom stereocenters. The fourth-order valence-corrected chi connectivity index (χ4v) is 1.67. The van der Waals surface area contributed by atoms with Gasteiger partial charge in [0.2, 0.25) is 5.91 Å². The maximum Gasteiger partial charge on any atom is 0.324 e. The van der Waals surface area contributed by atoms with E-state index in [0.717, 1.165) is 12.2 Å². The molecule has 0 atom stereocenters. The van der Waals surface area contributed by atoms with Gasteiger partial charge >= 0.3 is 6.03 Å². The number of amides is 3. The molecule has 0 saturated carbocycles. The van der Waals surface area contributed by atoms with Crippen molar-refractivity contribution in [3.63, 3.8) is 0 Å². The molecule has 0 aromatic carbocycles. The molecule has 18 heavy (non-hydrogen) atoms. The summed E-state index contributed by atoms with van der Waals surface area (Å²) in [6.07, 6.45) is 1.81. The van der Waals surface area contributed by atoms with Gasteiger partial charge in [-0.2, -0.15) is 0 Å². The predicted molar refractivity (Wildman–Crippen MR) is 62.5 cm³/mol. The minimum absolute atomic E-state index is 0.0852. The Morgan fingerprint density at radius 2 is 2.28 bits per heavy atom. The molecule has 1 saturated heterocycles. The molecule has 1 aliphatic heterocycles. The van der Waals surface area contributed by atoms with Crippen molar-refractivity contribution in [2.45, 2.75) is 20.0 Å². The first-order valence-corrected chi connectivity index (χ1v) is 5.88. The zero-order chi connectivity index (χ0) is 13.0. The SMILES string of the molecule is CCNCc1cn(CCN2C(=O)CNC2=O)nn1. The van der Waals surface area contributed by atoms with Crippen LogP contribution in [-0.4, -0.2) is 51.5 Å². The first-order valence-electron chi connectivity index (χ1n) is 5.88. The van der Waals surface area contributed by atoms with Crippen molar-refractivity contribution in [3.8, 4) is 0 Å². The van der Waals surface area contributed by atoms with Crippen molar-refractivity contribution < 1.29 is 9.59 Å². The van der Waals surface area contributed by atoms with Gasteiger partial charge < -0.3 is 10.6 Å². The number of hydrogen-bond donors (Lipinski definition) is 2. The van der Waals surface area contributed by atoms with Gasteiger partial charge in [-0.25, -0.2) is 4.79 Å². The van der Waals surface area contributed by atoms with Gasteiger partial charge in [0.05, 0.1) is 25.3 Å². The van der Waals surface area contributed by atoms with Gasteiger partial charge in [0, 0.05) is 12.7 Å². The van der Waals surface area contributed by atoms with Gasteiger partial charge in [0.25, 0.3) is 0 Å².